The molecule has 0 unspecified atom stereocenters. The summed E-state index contributed by atoms with van der Waals surface area (Å²) in [6.45, 7) is 4.26. The number of rotatable bonds is 8. The van der Waals surface area contributed by atoms with Crippen LogP contribution in [-0.4, -0.2) is 30.8 Å². The van der Waals surface area contributed by atoms with Crippen molar-refractivity contribution in [2.45, 2.75) is 26.4 Å². The maximum Gasteiger partial charge on any atom is 0.307 e. The molecule has 0 saturated heterocycles. The van der Waals surface area contributed by atoms with Crippen molar-refractivity contribution in [3.8, 4) is 11.5 Å². The Hall–Kier alpha value is -2.47. The molecule has 0 bridgehead atoms. The molecular formula is C18H21NO5. The first-order valence-corrected chi connectivity index (χ1v) is 8.04. The normalized spacial score (nSPS) is 12.6. The summed E-state index contributed by atoms with van der Waals surface area (Å²) < 4.78 is 21.4. The molecule has 0 radical (unpaired) electrons. The van der Waals surface area contributed by atoms with E-state index in [0.717, 1.165) is 22.8 Å². The highest BCUT2D eigenvalue weighted by molar-refractivity contribution is 5.69. The number of carbonyl (C=O) groups excluding carboxylic acids is 1. The Balaban J connectivity index is 1.69. The van der Waals surface area contributed by atoms with Crippen LogP contribution in [0.2, 0.25) is 0 Å². The van der Waals surface area contributed by atoms with Gasteiger partial charge in [-0.25, -0.2) is 0 Å². The van der Waals surface area contributed by atoms with Gasteiger partial charge in [-0.05, 0) is 25.1 Å². The molecule has 1 aromatic carbocycles. The zero-order chi connectivity index (χ0) is 16.8. The number of esters is 1. The smallest absolute Gasteiger partial charge is 0.307 e. The fraction of sp³-hybridized carbons (Fsp3) is 0.389. The van der Waals surface area contributed by atoms with Gasteiger partial charge in [0.2, 0.25) is 6.79 Å². The van der Waals surface area contributed by atoms with Crippen LogP contribution in [0.15, 0.2) is 41.0 Å². The van der Waals surface area contributed by atoms with E-state index in [1.165, 1.54) is 0 Å². The van der Waals surface area contributed by atoms with Crippen molar-refractivity contribution in [3.63, 3.8) is 0 Å². The zero-order valence-electron chi connectivity index (χ0n) is 13.7. The number of nitrogens with zero attached hydrogens (tertiary/aromatic N) is 1. The second kappa shape index (κ2) is 7.88. The molecule has 2 heterocycles. The number of fused-ring (bicyclic) bond motifs is 1. The minimum absolute atomic E-state index is 0.195. The van der Waals surface area contributed by atoms with Crippen molar-refractivity contribution in [2.75, 3.05) is 19.9 Å². The summed E-state index contributed by atoms with van der Waals surface area (Å²) in [4.78, 5) is 13.8. The first-order valence-electron chi connectivity index (χ1n) is 8.04. The Morgan fingerprint density at radius 3 is 2.92 bits per heavy atom. The fourth-order valence-corrected chi connectivity index (χ4v) is 2.68. The first kappa shape index (κ1) is 16.4. The monoisotopic (exact) mass is 331 g/mol. The van der Waals surface area contributed by atoms with Crippen LogP contribution in [-0.2, 0) is 22.6 Å². The Morgan fingerprint density at radius 2 is 2.12 bits per heavy atom. The van der Waals surface area contributed by atoms with Gasteiger partial charge < -0.3 is 18.6 Å². The van der Waals surface area contributed by atoms with Crippen LogP contribution in [0.5, 0.6) is 11.5 Å². The van der Waals surface area contributed by atoms with Crippen LogP contribution < -0.4 is 9.47 Å². The molecule has 24 heavy (non-hydrogen) atoms. The second-order valence-electron chi connectivity index (χ2n) is 5.50. The summed E-state index contributed by atoms with van der Waals surface area (Å²) in [5, 5.41) is 0. The molecule has 1 aromatic heterocycles. The van der Waals surface area contributed by atoms with Crippen molar-refractivity contribution in [1.82, 2.24) is 4.90 Å². The quantitative estimate of drug-likeness (QED) is 0.693. The minimum Gasteiger partial charge on any atom is -0.468 e. The highest BCUT2D eigenvalue weighted by atomic mass is 16.7. The highest BCUT2D eigenvalue weighted by Crippen LogP contribution is 2.36. The zero-order valence-corrected chi connectivity index (χ0v) is 13.7. The second-order valence-corrected chi connectivity index (χ2v) is 5.50. The maximum absolute atomic E-state index is 11.7. The number of benzene rings is 1. The molecule has 2 aromatic rings. The maximum atomic E-state index is 11.7. The number of ether oxygens (including phenoxy) is 3. The number of carbonyl (C=O) groups is 1. The molecule has 1 aliphatic heterocycles. The van der Waals surface area contributed by atoms with E-state index in [4.69, 9.17) is 18.6 Å². The number of para-hydroxylation sites is 1. The van der Waals surface area contributed by atoms with Crippen molar-refractivity contribution >= 4 is 5.97 Å². The average Bonchev–Trinajstić information content (AvgIpc) is 3.24. The van der Waals surface area contributed by atoms with E-state index in [1.54, 1.807) is 6.26 Å². The van der Waals surface area contributed by atoms with Crippen LogP contribution >= 0.6 is 0 Å². The van der Waals surface area contributed by atoms with E-state index in [-0.39, 0.29) is 12.8 Å². The van der Waals surface area contributed by atoms with Crippen molar-refractivity contribution in [2.24, 2.45) is 0 Å². The van der Waals surface area contributed by atoms with Crippen LogP contribution in [0.4, 0.5) is 0 Å². The van der Waals surface area contributed by atoms with E-state index in [1.807, 2.05) is 37.3 Å². The molecule has 0 saturated carbocycles. The van der Waals surface area contributed by atoms with Gasteiger partial charge in [-0.2, -0.15) is 0 Å². The van der Waals surface area contributed by atoms with Gasteiger partial charge in [-0.15, -0.1) is 0 Å². The molecule has 1 aliphatic rings. The van der Waals surface area contributed by atoms with Gasteiger partial charge in [0.25, 0.3) is 0 Å². The molecule has 0 spiro atoms. The molecule has 0 aliphatic carbocycles. The third-order valence-electron chi connectivity index (χ3n) is 3.77. The van der Waals surface area contributed by atoms with Gasteiger partial charge in [0.1, 0.15) is 5.76 Å². The Kier molecular flexibility index (Phi) is 5.38. The lowest BCUT2D eigenvalue weighted by atomic mass is 10.1. The van der Waals surface area contributed by atoms with Crippen molar-refractivity contribution in [3.05, 3.63) is 47.9 Å². The summed E-state index contributed by atoms with van der Waals surface area (Å²) in [7, 11) is 0. The number of furan rings is 1. The molecule has 0 fully saturated rings. The molecule has 128 valence electrons. The van der Waals surface area contributed by atoms with Gasteiger partial charge in [-0.1, -0.05) is 12.1 Å². The van der Waals surface area contributed by atoms with E-state index in [2.05, 4.69) is 4.90 Å². The highest BCUT2D eigenvalue weighted by Gasteiger charge is 2.20. The summed E-state index contributed by atoms with van der Waals surface area (Å²) in [5.74, 6) is 2.19. The van der Waals surface area contributed by atoms with Gasteiger partial charge >= 0.3 is 5.97 Å². The van der Waals surface area contributed by atoms with E-state index in [0.29, 0.717) is 32.7 Å². The minimum atomic E-state index is -0.195. The molecule has 6 heteroatoms. The van der Waals surface area contributed by atoms with Crippen LogP contribution in [0.25, 0.3) is 0 Å². The molecule has 3 rings (SSSR count). The summed E-state index contributed by atoms with van der Waals surface area (Å²) in [5.41, 5.74) is 1.03. The lowest BCUT2D eigenvalue weighted by molar-refractivity contribution is -0.143. The van der Waals surface area contributed by atoms with Gasteiger partial charge in [0.15, 0.2) is 11.5 Å². The Morgan fingerprint density at radius 1 is 1.21 bits per heavy atom. The lowest BCUT2D eigenvalue weighted by Gasteiger charge is -2.21. The largest absolute Gasteiger partial charge is 0.468 e. The van der Waals surface area contributed by atoms with E-state index >= 15 is 0 Å². The topological polar surface area (TPSA) is 61.1 Å². The summed E-state index contributed by atoms with van der Waals surface area (Å²) in [6, 6.07) is 9.62. The molecule has 0 amide bonds. The lowest BCUT2D eigenvalue weighted by Crippen LogP contribution is -2.26. The summed E-state index contributed by atoms with van der Waals surface area (Å²) in [6.07, 6.45) is 1.98. The fourth-order valence-electron chi connectivity index (χ4n) is 2.68. The molecular weight excluding hydrogens is 310 g/mol. The van der Waals surface area contributed by atoms with Gasteiger partial charge in [0.05, 0.1) is 25.8 Å². The SMILES string of the molecule is CCOC(=O)CCN(Cc1ccco1)Cc1cccc2c1OCO2. The van der Waals surface area contributed by atoms with Gasteiger partial charge in [0, 0.05) is 18.7 Å². The predicted octanol–water partition coefficient (Wildman–Crippen LogP) is 2.96. The van der Waals surface area contributed by atoms with Crippen LogP contribution in [0.3, 0.4) is 0 Å². The summed E-state index contributed by atoms with van der Waals surface area (Å²) >= 11 is 0. The predicted molar refractivity (Wildman–Crippen MR) is 86.6 cm³/mol. The molecule has 0 N–H and O–H groups in total. The number of hydrogen-bond acceptors (Lipinski definition) is 6. The van der Waals surface area contributed by atoms with Crippen molar-refractivity contribution in [1.29, 1.82) is 0 Å². The van der Waals surface area contributed by atoms with Crippen molar-refractivity contribution < 1.29 is 23.4 Å². The van der Waals surface area contributed by atoms with Crippen LogP contribution in [0, 0.1) is 0 Å². The van der Waals surface area contributed by atoms with E-state index < -0.39 is 0 Å². The van der Waals surface area contributed by atoms with Gasteiger partial charge in [-0.3, -0.25) is 9.69 Å². The number of hydrogen-bond donors (Lipinski definition) is 0. The van der Waals surface area contributed by atoms with E-state index in [9.17, 15) is 4.79 Å². The standard InChI is InChI=1S/C18H21NO5/c1-2-21-17(20)8-9-19(12-15-6-4-10-22-15)11-14-5-3-7-16-18(14)24-13-23-16/h3-7,10H,2,8-9,11-13H2,1H3. The molecule has 6 nitrogen and oxygen atoms in total. The van der Waals surface area contributed by atoms with Crippen LogP contribution in [0.1, 0.15) is 24.7 Å². The average molecular weight is 331 g/mol. The third-order valence-corrected chi connectivity index (χ3v) is 3.77. The Labute approximate surface area is 140 Å². The Bertz CT molecular complexity index is 668. The third kappa shape index (κ3) is 4.08. The first-order chi connectivity index (χ1) is 11.8. The molecule has 0 atom stereocenters.